The Morgan fingerprint density at radius 3 is 2.06 bits per heavy atom. The Hall–Kier alpha value is -2.77. The van der Waals surface area contributed by atoms with Crippen LogP contribution in [0.2, 0.25) is 0 Å². The molecular weight excluding hydrogens is 228 g/mol. The Bertz CT molecular complexity index is 546. The number of nitro groups is 2. The maximum Gasteiger partial charge on any atom is 0.276 e. The number of nitrogens with one attached hydrogen (secondary N) is 1. The van der Waals surface area contributed by atoms with Gasteiger partial charge in [-0.1, -0.05) is 0 Å². The highest BCUT2D eigenvalue weighted by atomic mass is 16.6. The maximum atomic E-state index is 10.7. The Morgan fingerprint density at radius 1 is 1.06 bits per heavy atom. The van der Waals surface area contributed by atoms with Gasteiger partial charge in [0.15, 0.2) is 0 Å². The topological polar surface area (TPSA) is 115 Å². The molecule has 17 heavy (non-hydrogen) atoms. The fourth-order valence-electron chi connectivity index (χ4n) is 1.38. The normalized spacial score (nSPS) is 10.1. The van der Waals surface area contributed by atoms with Crippen LogP contribution in [0.1, 0.15) is 0 Å². The van der Waals surface area contributed by atoms with Crippen LogP contribution in [-0.4, -0.2) is 20.0 Å². The molecule has 0 fully saturated rings. The Morgan fingerprint density at radius 2 is 1.65 bits per heavy atom. The lowest BCUT2D eigenvalue weighted by atomic mass is 10.1. The zero-order valence-electron chi connectivity index (χ0n) is 8.36. The minimum atomic E-state index is -0.674. The number of benzene rings is 1. The lowest BCUT2D eigenvalue weighted by Crippen LogP contribution is -1.94. The number of rotatable bonds is 3. The molecule has 8 nitrogen and oxygen atoms in total. The van der Waals surface area contributed by atoms with E-state index in [0.29, 0.717) is 11.3 Å². The van der Waals surface area contributed by atoms with Gasteiger partial charge in [-0.15, -0.1) is 0 Å². The summed E-state index contributed by atoms with van der Waals surface area (Å²) in [6.45, 7) is 0. The number of aromatic nitrogens is 2. The van der Waals surface area contributed by atoms with E-state index in [2.05, 4.69) is 10.2 Å². The van der Waals surface area contributed by atoms with Crippen LogP contribution in [0.4, 0.5) is 11.4 Å². The van der Waals surface area contributed by atoms with E-state index in [1.54, 1.807) is 6.07 Å². The lowest BCUT2D eigenvalue weighted by Gasteiger charge is -1.98. The van der Waals surface area contributed by atoms with E-state index in [9.17, 15) is 20.2 Å². The first kappa shape index (κ1) is 10.7. The van der Waals surface area contributed by atoms with Crippen LogP contribution in [0.25, 0.3) is 11.3 Å². The number of non-ortho nitro benzene ring substituents is 2. The van der Waals surface area contributed by atoms with Gasteiger partial charge in [0.1, 0.15) is 0 Å². The first-order valence-corrected chi connectivity index (χ1v) is 4.51. The van der Waals surface area contributed by atoms with Gasteiger partial charge in [0.25, 0.3) is 11.4 Å². The van der Waals surface area contributed by atoms with E-state index in [0.717, 1.165) is 6.07 Å². The van der Waals surface area contributed by atoms with Gasteiger partial charge >= 0.3 is 0 Å². The molecule has 0 saturated heterocycles. The summed E-state index contributed by atoms with van der Waals surface area (Å²) in [6.07, 6.45) is 1.46. The highest BCUT2D eigenvalue weighted by Gasteiger charge is 2.17. The van der Waals surface area contributed by atoms with Gasteiger partial charge in [0.05, 0.1) is 21.6 Å². The molecule has 0 aliphatic carbocycles. The van der Waals surface area contributed by atoms with Crippen LogP contribution in [-0.2, 0) is 0 Å². The number of nitro benzene ring substituents is 2. The van der Waals surface area contributed by atoms with Crippen LogP contribution in [0.5, 0.6) is 0 Å². The van der Waals surface area contributed by atoms with Crippen LogP contribution in [0.3, 0.4) is 0 Å². The van der Waals surface area contributed by atoms with Crippen molar-refractivity contribution in [1.29, 1.82) is 0 Å². The second-order valence-electron chi connectivity index (χ2n) is 3.22. The summed E-state index contributed by atoms with van der Waals surface area (Å²) < 4.78 is 0. The van der Waals surface area contributed by atoms with Gasteiger partial charge in [0.2, 0.25) is 0 Å². The van der Waals surface area contributed by atoms with Gasteiger partial charge in [-0.25, -0.2) is 0 Å². The Balaban J connectivity index is 2.60. The number of hydrogen-bond acceptors (Lipinski definition) is 5. The number of nitrogens with zero attached hydrogens (tertiary/aromatic N) is 3. The van der Waals surface area contributed by atoms with E-state index in [1.807, 2.05) is 0 Å². The van der Waals surface area contributed by atoms with Crippen LogP contribution in [0, 0.1) is 20.2 Å². The molecule has 86 valence electrons. The molecule has 0 saturated carbocycles. The van der Waals surface area contributed by atoms with Crippen molar-refractivity contribution < 1.29 is 9.85 Å². The van der Waals surface area contributed by atoms with Gasteiger partial charge in [-0.3, -0.25) is 25.3 Å². The molecule has 0 amide bonds. The molecule has 0 atom stereocenters. The summed E-state index contributed by atoms with van der Waals surface area (Å²) in [6, 6.07) is 4.99. The summed E-state index contributed by atoms with van der Waals surface area (Å²) in [5.74, 6) is 0. The quantitative estimate of drug-likeness (QED) is 0.643. The van der Waals surface area contributed by atoms with Crippen molar-refractivity contribution in [3.63, 3.8) is 0 Å². The second-order valence-corrected chi connectivity index (χ2v) is 3.22. The molecule has 1 N–H and O–H groups in total. The van der Waals surface area contributed by atoms with E-state index >= 15 is 0 Å². The lowest BCUT2D eigenvalue weighted by molar-refractivity contribution is -0.394. The smallest absolute Gasteiger partial charge is 0.276 e. The fourth-order valence-corrected chi connectivity index (χ4v) is 1.38. The zero-order valence-corrected chi connectivity index (χ0v) is 8.36. The molecular formula is C9H6N4O4. The average Bonchev–Trinajstić information content (AvgIpc) is 2.81. The van der Waals surface area contributed by atoms with Gasteiger partial charge in [-0.2, -0.15) is 5.10 Å². The molecule has 8 heteroatoms. The first-order valence-electron chi connectivity index (χ1n) is 4.51. The third-order valence-corrected chi connectivity index (χ3v) is 2.14. The van der Waals surface area contributed by atoms with Crippen molar-refractivity contribution in [2.75, 3.05) is 0 Å². The standard InChI is InChI=1S/C9H6N4O4/c14-12(15)7-3-6(9-1-2-10-11-9)4-8(5-7)13(16)17/h1-5H,(H,10,11). The third-order valence-electron chi connectivity index (χ3n) is 2.14. The third kappa shape index (κ3) is 2.09. The highest BCUT2D eigenvalue weighted by molar-refractivity contribution is 5.66. The summed E-state index contributed by atoms with van der Waals surface area (Å²) in [5.41, 5.74) is 0.174. The molecule has 1 aromatic carbocycles. The van der Waals surface area contributed by atoms with Crippen molar-refractivity contribution in [2.45, 2.75) is 0 Å². The molecule has 1 aromatic heterocycles. The van der Waals surface area contributed by atoms with Gasteiger partial charge < -0.3 is 0 Å². The van der Waals surface area contributed by atoms with Gasteiger partial charge in [0, 0.05) is 23.9 Å². The molecule has 0 aliphatic heterocycles. The predicted molar refractivity (Wildman–Crippen MR) is 57.3 cm³/mol. The number of hydrogen-bond donors (Lipinski definition) is 1. The number of aromatic amines is 1. The van der Waals surface area contributed by atoms with Crippen molar-refractivity contribution in [2.24, 2.45) is 0 Å². The molecule has 0 unspecified atom stereocenters. The maximum absolute atomic E-state index is 10.7. The van der Waals surface area contributed by atoms with Crippen molar-refractivity contribution in [3.8, 4) is 11.3 Å². The van der Waals surface area contributed by atoms with Crippen molar-refractivity contribution >= 4 is 11.4 Å². The monoisotopic (exact) mass is 234 g/mol. The highest BCUT2D eigenvalue weighted by Crippen LogP contribution is 2.28. The average molecular weight is 234 g/mol. The SMILES string of the molecule is O=[N+]([O-])c1cc(-c2ccn[nH]2)cc([N+](=O)[O-])c1. The Kier molecular flexibility index (Phi) is 2.53. The summed E-state index contributed by atoms with van der Waals surface area (Å²) >= 11 is 0. The minimum Gasteiger partial charge on any atom is -0.278 e. The minimum absolute atomic E-state index is 0.330. The Labute approximate surface area is 94.2 Å². The molecule has 0 radical (unpaired) electrons. The van der Waals surface area contributed by atoms with Crippen LogP contribution in [0.15, 0.2) is 30.5 Å². The second kappa shape index (κ2) is 4.00. The van der Waals surface area contributed by atoms with Crippen LogP contribution < -0.4 is 0 Å². The predicted octanol–water partition coefficient (Wildman–Crippen LogP) is 1.89. The molecule has 1 heterocycles. The van der Waals surface area contributed by atoms with E-state index in [4.69, 9.17) is 0 Å². The first-order chi connectivity index (χ1) is 8.08. The molecule has 0 spiro atoms. The summed E-state index contributed by atoms with van der Waals surface area (Å²) in [7, 11) is 0. The van der Waals surface area contributed by atoms with Crippen LogP contribution >= 0.6 is 0 Å². The largest absolute Gasteiger partial charge is 0.278 e. The molecule has 0 bridgehead atoms. The van der Waals surface area contributed by atoms with Crippen molar-refractivity contribution in [1.82, 2.24) is 10.2 Å². The van der Waals surface area contributed by atoms with Gasteiger partial charge in [-0.05, 0) is 6.07 Å². The molecule has 2 rings (SSSR count). The number of H-pyrrole nitrogens is 1. The van der Waals surface area contributed by atoms with E-state index in [-0.39, 0.29) is 11.4 Å². The summed E-state index contributed by atoms with van der Waals surface area (Å²) in [5, 5.41) is 27.6. The van der Waals surface area contributed by atoms with E-state index < -0.39 is 9.85 Å². The molecule has 2 aromatic rings. The van der Waals surface area contributed by atoms with Crippen molar-refractivity contribution in [3.05, 3.63) is 50.7 Å². The fraction of sp³-hybridized carbons (Fsp3) is 0. The molecule has 0 aliphatic rings. The summed E-state index contributed by atoms with van der Waals surface area (Å²) in [4.78, 5) is 20.0. The zero-order chi connectivity index (χ0) is 12.4. The van der Waals surface area contributed by atoms with E-state index in [1.165, 1.54) is 18.3 Å².